The topological polar surface area (TPSA) is 49.4 Å². The fourth-order valence-corrected chi connectivity index (χ4v) is 5.57. The lowest BCUT2D eigenvalue weighted by Gasteiger charge is -2.33. The molecule has 0 unspecified atom stereocenters. The number of nitrogens with zero attached hydrogens (tertiary/aromatic N) is 1. The molecule has 0 spiro atoms. The Morgan fingerprint density at radius 3 is 2.48 bits per heavy atom. The van der Waals surface area contributed by atoms with Gasteiger partial charge >= 0.3 is 0 Å². The number of carbonyl (C=O) groups is 2. The van der Waals surface area contributed by atoms with Crippen molar-refractivity contribution in [3.05, 3.63) is 80.7 Å². The first-order valence-corrected chi connectivity index (χ1v) is 12.7. The molecule has 1 aliphatic carbocycles. The van der Waals surface area contributed by atoms with Crippen LogP contribution in [0.1, 0.15) is 54.1 Å². The third-order valence-corrected chi connectivity index (χ3v) is 7.38. The highest BCUT2D eigenvalue weighted by Crippen LogP contribution is 2.27. The number of thiophene rings is 2. The summed E-state index contributed by atoms with van der Waals surface area (Å²) in [5.74, 6) is -0.104. The summed E-state index contributed by atoms with van der Waals surface area (Å²) in [4.78, 5) is 29.9. The van der Waals surface area contributed by atoms with Crippen molar-refractivity contribution in [3.8, 4) is 0 Å². The maximum atomic E-state index is 13.6. The largest absolute Gasteiger partial charge is 0.351 e. The van der Waals surface area contributed by atoms with Gasteiger partial charge < -0.3 is 10.2 Å². The van der Waals surface area contributed by atoms with Gasteiger partial charge in [0.25, 0.3) is 0 Å². The van der Waals surface area contributed by atoms with Crippen molar-refractivity contribution in [1.82, 2.24) is 10.2 Å². The van der Waals surface area contributed by atoms with E-state index in [1.54, 1.807) is 27.6 Å². The zero-order valence-corrected chi connectivity index (χ0v) is 19.2. The van der Waals surface area contributed by atoms with Gasteiger partial charge in [-0.05, 0) is 52.2 Å². The second kappa shape index (κ2) is 10.7. The Bertz CT molecular complexity index is 949. The lowest BCUT2D eigenvalue weighted by Crippen LogP contribution is -2.47. The van der Waals surface area contributed by atoms with E-state index in [1.165, 1.54) is 6.42 Å². The van der Waals surface area contributed by atoms with Gasteiger partial charge in [-0.2, -0.15) is 11.3 Å². The van der Waals surface area contributed by atoms with Crippen LogP contribution in [0.15, 0.2) is 64.7 Å². The molecule has 1 fully saturated rings. The lowest BCUT2D eigenvalue weighted by molar-refractivity contribution is -0.141. The number of hydrogen-bond acceptors (Lipinski definition) is 4. The molecule has 0 bridgehead atoms. The SMILES string of the molecule is O=C(NC1CCCCC1)[C@@H](c1ccccc1)N(Cc1cccs1)C(=O)Cc1ccsc1. The minimum atomic E-state index is -0.642. The minimum absolute atomic E-state index is 0.0283. The molecule has 1 aliphatic rings. The third-order valence-electron chi connectivity index (χ3n) is 5.79. The molecule has 0 radical (unpaired) electrons. The summed E-state index contributed by atoms with van der Waals surface area (Å²) < 4.78 is 0. The van der Waals surface area contributed by atoms with Crippen LogP contribution in [0.2, 0.25) is 0 Å². The van der Waals surface area contributed by atoms with E-state index < -0.39 is 6.04 Å². The van der Waals surface area contributed by atoms with Crippen molar-refractivity contribution < 1.29 is 9.59 Å². The van der Waals surface area contributed by atoms with Crippen molar-refractivity contribution >= 4 is 34.5 Å². The summed E-state index contributed by atoms with van der Waals surface area (Å²) in [6.07, 6.45) is 5.86. The fraction of sp³-hybridized carbons (Fsp3) is 0.360. The molecule has 0 aliphatic heterocycles. The van der Waals surface area contributed by atoms with Gasteiger partial charge in [-0.3, -0.25) is 9.59 Å². The van der Waals surface area contributed by atoms with Crippen molar-refractivity contribution in [2.24, 2.45) is 0 Å². The highest BCUT2D eigenvalue weighted by atomic mass is 32.1. The molecule has 31 heavy (non-hydrogen) atoms. The highest BCUT2D eigenvalue weighted by Gasteiger charge is 2.33. The summed E-state index contributed by atoms with van der Waals surface area (Å²) in [6, 6.07) is 15.2. The van der Waals surface area contributed by atoms with Crippen molar-refractivity contribution in [1.29, 1.82) is 0 Å². The molecule has 2 amide bonds. The van der Waals surface area contributed by atoms with Gasteiger partial charge in [-0.15, -0.1) is 11.3 Å². The molecule has 0 saturated heterocycles. The monoisotopic (exact) mass is 452 g/mol. The predicted molar refractivity (Wildman–Crippen MR) is 127 cm³/mol. The summed E-state index contributed by atoms with van der Waals surface area (Å²) in [5.41, 5.74) is 1.84. The van der Waals surface area contributed by atoms with Crippen LogP contribution >= 0.6 is 22.7 Å². The minimum Gasteiger partial charge on any atom is -0.351 e. The molecule has 1 aromatic carbocycles. The van der Waals surface area contributed by atoms with Crippen LogP contribution in [0.5, 0.6) is 0 Å². The van der Waals surface area contributed by atoms with Crippen LogP contribution in [-0.4, -0.2) is 22.8 Å². The van der Waals surface area contributed by atoms with Crippen LogP contribution in [0.25, 0.3) is 0 Å². The second-order valence-electron chi connectivity index (χ2n) is 8.07. The normalized spacial score (nSPS) is 15.4. The first-order valence-electron chi connectivity index (χ1n) is 10.9. The van der Waals surface area contributed by atoms with Gasteiger partial charge in [0.1, 0.15) is 6.04 Å². The van der Waals surface area contributed by atoms with Crippen molar-refractivity contribution in [3.63, 3.8) is 0 Å². The van der Waals surface area contributed by atoms with Gasteiger partial charge in [0.05, 0.1) is 13.0 Å². The Morgan fingerprint density at radius 1 is 1.00 bits per heavy atom. The molecule has 2 aromatic heterocycles. The molecule has 1 atom stereocenters. The standard InChI is InChI=1S/C25H28N2O2S2/c28-23(16-19-13-15-30-18-19)27(17-22-12-7-14-31-22)24(20-8-3-1-4-9-20)25(29)26-21-10-5-2-6-11-21/h1,3-4,7-9,12-15,18,21,24H,2,5-6,10-11,16-17H2,(H,26,29)/t24-/m1/s1. The van der Waals surface area contributed by atoms with E-state index in [-0.39, 0.29) is 17.9 Å². The maximum absolute atomic E-state index is 13.6. The number of amides is 2. The summed E-state index contributed by atoms with van der Waals surface area (Å²) in [6.45, 7) is 0.429. The van der Waals surface area contributed by atoms with Gasteiger partial charge in [-0.1, -0.05) is 55.7 Å². The van der Waals surface area contributed by atoms with E-state index in [2.05, 4.69) is 5.32 Å². The van der Waals surface area contributed by atoms with E-state index >= 15 is 0 Å². The maximum Gasteiger partial charge on any atom is 0.247 e. The molecule has 1 saturated carbocycles. The number of carbonyl (C=O) groups excluding carboxylic acids is 2. The summed E-state index contributed by atoms with van der Waals surface area (Å²) in [7, 11) is 0. The second-order valence-corrected chi connectivity index (χ2v) is 9.88. The van der Waals surface area contributed by atoms with Crippen molar-refractivity contribution in [2.45, 2.75) is 57.2 Å². The summed E-state index contributed by atoms with van der Waals surface area (Å²) >= 11 is 3.20. The number of nitrogens with one attached hydrogen (secondary N) is 1. The van der Waals surface area contributed by atoms with E-state index in [0.29, 0.717) is 13.0 Å². The average Bonchev–Trinajstić information content (AvgIpc) is 3.49. The van der Waals surface area contributed by atoms with Gasteiger partial charge in [0.15, 0.2) is 0 Å². The van der Waals surface area contributed by atoms with Crippen LogP contribution in [0.4, 0.5) is 0 Å². The number of hydrogen-bond donors (Lipinski definition) is 1. The first kappa shape index (κ1) is 21.8. The Labute approximate surface area is 191 Å². The molecular formula is C25H28N2O2S2. The van der Waals surface area contributed by atoms with Crippen LogP contribution in [0.3, 0.4) is 0 Å². The van der Waals surface area contributed by atoms with Gasteiger partial charge in [0.2, 0.25) is 11.8 Å². The molecule has 6 heteroatoms. The Balaban J connectivity index is 1.64. The van der Waals surface area contributed by atoms with E-state index in [4.69, 9.17) is 0 Å². The molecule has 2 heterocycles. The quantitative estimate of drug-likeness (QED) is 0.486. The van der Waals surface area contributed by atoms with E-state index in [9.17, 15) is 9.59 Å². The Hall–Kier alpha value is -2.44. The fourth-order valence-electron chi connectivity index (χ4n) is 4.20. The Morgan fingerprint density at radius 2 is 1.81 bits per heavy atom. The van der Waals surface area contributed by atoms with E-state index in [0.717, 1.165) is 41.7 Å². The number of rotatable bonds is 8. The van der Waals surface area contributed by atoms with Crippen LogP contribution in [-0.2, 0) is 22.6 Å². The molecule has 162 valence electrons. The highest BCUT2D eigenvalue weighted by molar-refractivity contribution is 7.09. The van der Waals surface area contributed by atoms with Gasteiger partial charge in [0, 0.05) is 10.9 Å². The summed E-state index contributed by atoms with van der Waals surface area (Å²) in [5, 5.41) is 9.26. The lowest BCUT2D eigenvalue weighted by atomic mass is 9.94. The molecule has 3 aromatic rings. The third kappa shape index (κ3) is 5.83. The first-order chi connectivity index (χ1) is 15.2. The van der Waals surface area contributed by atoms with Crippen LogP contribution < -0.4 is 5.32 Å². The zero-order chi connectivity index (χ0) is 21.5. The average molecular weight is 453 g/mol. The van der Waals surface area contributed by atoms with Crippen LogP contribution in [0, 0.1) is 0 Å². The molecule has 4 rings (SSSR count). The number of benzene rings is 1. The molecule has 4 nitrogen and oxygen atoms in total. The molecular weight excluding hydrogens is 424 g/mol. The molecule has 1 N–H and O–H groups in total. The zero-order valence-electron chi connectivity index (χ0n) is 17.5. The van der Waals surface area contributed by atoms with Crippen molar-refractivity contribution in [2.75, 3.05) is 0 Å². The smallest absolute Gasteiger partial charge is 0.247 e. The van der Waals surface area contributed by atoms with Gasteiger partial charge in [-0.25, -0.2) is 0 Å². The van der Waals surface area contributed by atoms with E-state index in [1.807, 2.05) is 64.7 Å². The predicted octanol–water partition coefficient (Wildman–Crippen LogP) is 5.57. The Kier molecular flexibility index (Phi) is 7.54.